The Morgan fingerprint density at radius 1 is 1.03 bits per heavy atom. The fraction of sp³-hybridized carbons (Fsp3) is 0.682. The predicted octanol–water partition coefficient (Wildman–Crippen LogP) is 1.07. The Morgan fingerprint density at radius 3 is 2.57 bits per heavy atom. The molecule has 0 radical (unpaired) electrons. The predicted molar refractivity (Wildman–Crippen MR) is 109 cm³/mol. The Bertz CT molecular complexity index is 931. The fourth-order valence-corrected chi connectivity index (χ4v) is 5.79. The lowest BCUT2D eigenvalue weighted by molar-refractivity contribution is -0.138. The van der Waals surface area contributed by atoms with Crippen molar-refractivity contribution in [3.8, 4) is 0 Å². The van der Waals surface area contributed by atoms with Crippen molar-refractivity contribution in [3.05, 3.63) is 33.7 Å². The summed E-state index contributed by atoms with van der Waals surface area (Å²) in [5, 5.41) is 0. The highest BCUT2D eigenvalue weighted by Crippen LogP contribution is 2.36. The molecule has 7 nitrogen and oxygen atoms in total. The number of carbonyl (C=O) groups is 2. The summed E-state index contributed by atoms with van der Waals surface area (Å²) in [6.07, 6.45) is 2.27. The van der Waals surface area contributed by atoms with Crippen molar-refractivity contribution in [2.75, 3.05) is 39.8 Å². The molecule has 0 aromatic carbocycles. The van der Waals surface area contributed by atoms with E-state index in [-0.39, 0.29) is 47.4 Å². The SMILES string of the molecule is CN1CCC[C@H]1C(=O)N1C[C@@H]2C[C@H](C1)c1ccc(C(=O)N3CC[C@@H](F)C3)c(=O)n1C2. The number of amides is 2. The summed E-state index contributed by atoms with van der Waals surface area (Å²) >= 11 is 0. The molecule has 3 fully saturated rings. The number of hydrogen-bond donors (Lipinski definition) is 0. The normalized spacial score (nSPS) is 31.1. The van der Waals surface area contributed by atoms with Gasteiger partial charge >= 0.3 is 0 Å². The van der Waals surface area contributed by atoms with Crippen molar-refractivity contribution in [3.63, 3.8) is 0 Å². The van der Waals surface area contributed by atoms with E-state index in [2.05, 4.69) is 4.90 Å². The van der Waals surface area contributed by atoms with Crippen LogP contribution >= 0.6 is 0 Å². The van der Waals surface area contributed by atoms with E-state index in [1.807, 2.05) is 18.0 Å². The third-order valence-corrected chi connectivity index (χ3v) is 7.37. The van der Waals surface area contributed by atoms with E-state index in [1.165, 1.54) is 4.90 Å². The Hall–Kier alpha value is -2.22. The van der Waals surface area contributed by atoms with E-state index in [1.54, 1.807) is 10.6 Å². The van der Waals surface area contributed by atoms with E-state index in [9.17, 15) is 18.8 Å². The molecule has 3 saturated heterocycles. The second kappa shape index (κ2) is 7.48. The third kappa shape index (κ3) is 3.25. The average molecular weight is 416 g/mol. The molecule has 5 rings (SSSR count). The van der Waals surface area contributed by atoms with Crippen molar-refractivity contribution in [2.45, 2.75) is 50.4 Å². The van der Waals surface area contributed by atoms with Crippen LogP contribution in [-0.4, -0.2) is 83.1 Å². The van der Waals surface area contributed by atoms with E-state index < -0.39 is 6.17 Å². The molecule has 2 amide bonds. The van der Waals surface area contributed by atoms with Crippen molar-refractivity contribution >= 4 is 11.8 Å². The summed E-state index contributed by atoms with van der Waals surface area (Å²) in [6, 6.07) is 3.45. The molecule has 1 aromatic heterocycles. The first kappa shape index (κ1) is 19.7. The van der Waals surface area contributed by atoms with Crippen LogP contribution in [0.3, 0.4) is 0 Å². The summed E-state index contributed by atoms with van der Waals surface area (Å²) in [6.45, 7) is 3.21. The highest BCUT2D eigenvalue weighted by molar-refractivity contribution is 5.94. The van der Waals surface area contributed by atoms with Crippen LogP contribution in [0.4, 0.5) is 4.39 Å². The summed E-state index contributed by atoms with van der Waals surface area (Å²) in [7, 11) is 2.01. The van der Waals surface area contributed by atoms with Crippen LogP contribution in [0.2, 0.25) is 0 Å². The maximum Gasteiger partial charge on any atom is 0.263 e. The van der Waals surface area contributed by atoms with Crippen LogP contribution in [0, 0.1) is 5.92 Å². The first-order valence-corrected chi connectivity index (χ1v) is 11.1. The Labute approximate surface area is 175 Å². The Morgan fingerprint density at radius 2 is 1.87 bits per heavy atom. The molecule has 8 heteroatoms. The number of likely N-dealkylation sites (tertiary alicyclic amines) is 3. The molecule has 0 aliphatic carbocycles. The molecule has 30 heavy (non-hydrogen) atoms. The smallest absolute Gasteiger partial charge is 0.263 e. The number of rotatable bonds is 2. The minimum absolute atomic E-state index is 0.0224. The van der Waals surface area contributed by atoms with Gasteiger partial charge in [-0.05, 0) is 57.3 Å². The standard InChI is InChI=1S/C22H29FN4O3/c1-24-7-2-3-19(24)22(30)26-10-14-9-15(12-26)18-5-4-17(21(29)27(18)11-14)20(28)25-8-6-16(23)13-25/h4-5,14-16,19H,2-3,6-13H2,1H3/t14-,15+,16+,19-/m0/s1. The van der Waals surface area contributed by atoms with Crippen LogP contribution < -0.4 is 5.56 Å². The lowest BCUT2D eigenvalue weighted by atomic mass is 9.82. The number of carbonyl (C=O) groups excluding carboxylic acids is 2. The van der Waals surface area contributed by atoms with Gasteiger partial charge < -0.3 is 14.4 Å². The number of aromatic nitrogens is 1. The molecule has 2 bridgehead atoms. The number of nitrogens with zero attached hydrogens (tertiary/aromatic N) is 4. The minimum atomic E-state index is -1.00. The molecule has 0 N–H and O–H groups in total. The number of pyridine rings is 1. The first-order valence-electron chi connectivity index (χ1n) is 11.1. The highest BCUT2D eigenvalue weighted by Gasteiger charge is 2.40. The molecule has 0 saturated carbocycles. The number of fused-ring (bicyclic) bond motifs is 4. The van der Waals surface area contributed by atoms with Crippen LogP contribution in [0.25, 0.3) is 0 Å². The lowest BCUT2D eigenvalue weighted by Gasteiger charge is -2.44. The Kier molecular flexibility index (Phi) is 4.92. The minimum Gasteiger partial charge on any atom is -0.340 e. The molecule has 162 valence electrons. The zero-order chi connectivity index (χ0) is 21.0. The van der Waals surface area contributed by atoms with Gasteiger partial charge in [-0.1, -0.05) is 0 Å². The maximum absolute atomic E-state index is 13.5. The topological polar surface area (TPSA) is 65.9 Å². The second-order valence-electron chi connectivity index (χ2n) is 9.41. The van der Waals surface area contributed by atoms with Crippen LogP contribution in [0.15, 0.2) is 16.9 Å². The van der Waals surface area contributed by atoms with Gasteiger partial charge in [0.15, 0.2) is 0 Å². The number of likely N-dealkylation sites (N-methyl/N-ethyl adjacent to an activating group) is 1. The third-order valence-electron chi connectivity index (χ3n) is 7.37. The van der Waals surface area contributed by atoms with Gasteiger partial charge in [0.1, 0.15) is 11.7 Å². The van der Waals surface area contributed by atoms with Crippen molar-refractivity contribution in [2.24, 2.45) is 5.92 Å². The van der Waals surface area contributed by atoms with E-state index >= 15 is 0 Å². The first-order chi connectivity index (χ1) is 14.4. The van der Waals surface area contributed by atoms with Crippen molar-refractivity contribution in [1.82, 2.24) is 19.3 Å². The van der Waals surface area contributed by atoms with Gasteiger partial charge in [-0.3, -0.25) is 19.3 Å². The van der Waals surface area contributed by atoms with Gasteiger partial charge in [0.25, 0.3) is 11.5 Å². The fourth-order valence-electron chi connectivity index (χ4n) is 5.79. The van der Waals surface area contributed by atoms with Gasteiger partial charge in [-0.15, -0.1) is 0 Å². The molecular formula is C22H29FN4O3. The molecule has 4 aliphatic rings. The van der Waals surface area contributed by atoms with Crippen molar-refractivity contribution < 1.29 is 14.0 Å². The van der Waals surface area contributed by atoms with Crippen molar-refractivity contribution in [1.29, 1.82) is 0 Å². The molecule has 0 unspecified atom stereocenters. The lowest BCUT2D eigenvalue weighted by Crippen LogP contribution is -2.53. The molecule has 5 heterocycles. The van der Waals surface area contributed by atoms with Gasteiger partial charge in [0.05, 0.1) is 12.6 Å². The van der Waals surface area contributed by atoms with Crippen LogP contribution in [-0.2, 0) is 11.3 Å². The molecule has 4 aliphatic heterocycles. The number of hydrogen-bond acceptors (Lipinski definition) is 4. The number of halogens is 1. The highest BCUT2D eigenvalue weighted by atomic mass is 19.1. The van der Waals surface area contributed by atoms with Crippen LogP contribution in [0.5, 0.6) is 0 Å². The zero-order valence-corrected chi connectivity index (χ0v) is 17.4. The molecule has 0 spiro atoms. The van der Waals surface area contributed by atoms with Gasteiger partial charge in [0, 0.05) is 37.8 Å². The summed E-state index contributed by atoms with van der Waals surface area (Å²) in [5.41, 5.74) is 0.771. The van der Waals surface area contributed by atoms with E-state index in [0.717, 1.165) is 31.5 Å². The quantitative estimate of drug-likeness (QED) is 0.724. The van der Waals surface area contributed by atoms with Crippen LogP contribution in [0.1, 0.15) is 47.7 Å². The number of alkyl halides is 1. The molecular weight excluding hydrogens is 387 g/mol. The van der Waals surface area contributed by atoms with E-state index in [0.29, 0.717) is 32.6 Å². The van der Waals surface area contributed by atoms with Gasteiger partial charge in [0.2, 0.25) is 5.91 Å². The number of piperidine rings is 1. The summed E-state index contributed by atoms with van der Waals surface area (Å²) < 4.78 is 15.2. The van der Waals surface area contributed by atoms with Gasteiger partial charge in [-0.25, -0.2) is 4.39 Å². The molecule has 1 aromatic rings. The summed E-state index contributed by atoms with van der Waals surface area (Å²) in [4.78, 5) is 44.5. The maximum atomic E-state index is 13.5. The largest absolute Gasteiger partial charge is 0.340 e. The van der Waals surface area contributed by atoms with E-state index in [4.69, 9.17) is 0 Å². The average Bonchev–Trinajstić information content (AvgIpc) is 3.36. The zero-order valence-electron chi connectivity index (χ0n) is 17.4. The molecule has 4 atom stereocenters. The summed E-state index contributed by atoms with van der Waals surface area (Å²) in [5.74, 6) is 0.179. The monoisotopic (exact) mass is 416 g/mol. The van der Waals surface area contributed by atoms with Gasteiger partial charge in [-0.2, -0.15) is 0 Å². The second-order valence-corrected chi connectivity index (χ2v) is 9.41. The Balaban J connectivity index is 1.38.